The third-order valence-corrected chi connectivity index (χ3v) is 4.36. The molecule has 2 rings (SSSR count). The summed E-state index contributed by atoms with van der Waals surface area (Å²) >= 11 is 1.75. The molecule has 1 aliphatic rings. The predicted octanol–water partition coefficient (Wildman–Crippen LogP) is 2.16. The molecule has 2 amide bonds. The van der Waals surface area contributed by atoms with E-state index < -0.39 is 0 Å². The number of hydrogen-bond acceptors (Lipinski definition) is 3. The van der Waals surface area contributed by atoms with Crippen molar-refractivity contribution in [2.75, 3.05) is 13.2 Å². The summed E-state index contributed by atoms with van der Waals surface area (Å²) in [5.41, 5.74) is 0. The van der Waals surface area contributed by atoms with Gasteiger partial charge in [0.05, 0.1) is 0 Å². The van der Waals surface area contributed by atoms with Gasteiger partial charge in [-0.1, -0.05) is 25.1 Å². The van der Waals surface area contributed by atoms with Gasteiger partial charge in [0.2, 0.25) is 0 Å². The van der Waals surface area contributed by atoms with E-state index in [0.29, 0.717) is 12.5 Å². The lowest BCUT2D eigenvalue weighted by Gasteiger charge is -2.16. The summed E-state index contributed by atoms with van der Waals surface area (Å²) < 4.78 is 0. The molecule has 3 N–H and O–H groups in total. The molecule has 0 aromatic carbocycles. The van der Waals surface area contributed by atoms with Crippen LogP contribution in [0.3, 0.4) is 0 Å². The van der Waals surface area contributed by atoms with Gasteiger partial charge in [0, 0.05) is 30.0 Å². The first-order valence-corrected chi connectivity index (χ1v) is 7.91. The number of amides is 2. The molecule has 1 aromatic heterocycles. The molecule has 20 heavy (non-hydrogen) atoms. The lowest BCUT2D eigenvalue weighted by Crippen LogP contribution is -2.42. The van der Waals surface area contributed by atoms with Crippen LogP contribution in [-0.4, -0.2) is 30.3 Å². The Morgan fingerprint density at radius 3 is 3.05 bits per heavy atom. The molecule has 0 radical (unpaired) electrons. The lowest BCUT2D eigenvalue weighted by atomic mass is 10.1. The van der Waals surface area contributed by atoms with Gasteiger partial charge < -0.3 is 15.7 Å². The normalized spacial score (nSPS) is 22.7. The van der Waals surface area contributed by atoms with Crippen LogP contribution < -0.4 is 10.6 Å². The summed E-state index contributed by atoms with van der Waals surface area (Å²) in [6.07, 6.45) is 5.70. The van der Waals surface area contributed by atoms with Crippen LogP contribution in [0.15, 0.2) is 29.7 Å². The van der Waals surface area contributed by atoms with Crippen LogP contribution >= 0.6 is 11.3 Å². The van der Waals surface area contributed by atoms with Gasteiger partial charge in [-0.3, -0.25) is 0 Å². The van der Waals surface area contributed by atoms with Gasteiger partial charge in [0.15, 0.2) is 0 Å². The molecule has 110 valence electrons. The van der Waals surface area contributed by atoms with E-state index in [9.17, 15) is 4.79 Å². The number of urea groups is 1. The third kappa shape index (κ3) is 4.65. The summed E-state index contributed by atoms with van der Waals surface area (Å²) in [5, 5.41) is 16.9. The van der Waals surface area contributed by atoms with Gasteiger partial charge in [0.25, 0.3) is 0 Å². The fraction of sp³-hybridized carbons (Fsp3) is 0.533. The second-order valence-corrected chi connectivity index (χ2v) is 6.45. The summed E-state index contributed by atoms with van der Waals surface area (Å²) in [5.74, 6) is 0.599. The zero-order chi connectivity index (χ0) is 14.4. The summed E-state index contributed by atoms with van der Waals surface area (Å²) in [6.45, 7) is 2.95. The van der Waals surface area contributed by atoms with Gasteiger partial charge in [-0.25, -0.2) is 4.79 Å². The van der Waals surface area contributed by atoms with Crippen LogP contribution in [0, 0.1) is 11.8 Å². The molecule has 0 unspecified atom stereocenters. The highest BCUT2D eigenvalue weighted by Crippen LogP contribution is 2.17. The van der Waals surface area contributed by atoms with Crippen molar-refractivity contribution in [2.45, 2.75) is 25.8 Å². The first-order valence-electron chi connectivity index (χ1n) is 7.03. The predicted molar refractivity (Wildman–Crippen MR) is 81.8 cm³/mol. The number of hydrogen-bond donors (Lipinski definition) is 3. The van der Waals surface area contributed by atoms with E-state index >= 15 is 0 Å². The van der Waals surface area contributed by atoms with Crippen molar-refractivity contribution >= 4 is 17.4 Å². The second-order valence-electron chi connectivity index (χ2n) is 5.41. The van der Waals surface area contributed by atoms with Gasteiger partial charge >= 0.3 is 6.03 Å². The molecular formula is C15H22N2O2S. The SMILES string of the molecule is C[C@@H](CNC(=O)N[C@@H]1C=C[C@H](CO)C1)Cc1cccs1. The molecule has 4 nitrogen and oxygen atoms in total. The number of nitrogens with one attached hydrogen (secondary N) is 2. The van der Waals surface area contributed by atoms with Crippen molar-refractivity contribution in [3.8, 4) is 0 Å². The van der Waals surface area contributed by atoms with Crippen molar-refractivity contribution < 1.29 is 9.90 Å². The van der Waals surface area contributed by atoms with E-state index in [2.05, 4.69) is 35.1 Å². The average Bonchev–Trinajstić information content (AvgIpc) is 3.08. The molecule has 1 aliphatic carbocycles. The van der Waals surface area contributed by atoms with Crippen LogP contribution in [-0.2, 0) is 6.42 Å². The Bertz CT molecular complexity index is 445. The summed E-state index contributed by atoms with van der Waals surface area (Å²) in [7, 11) is 0. The highest BCUT2D eigenvalue weighted by atomic mass is 32.1. The molecule has 1 heterocycles. The Labute approximate surface area is 123 Å². The van der Waals surface area contributed by atoms with Crippen molar-refractivity contribution in [3.05, 3.63) is 34.5 Å². The van der Waals surface area contributed by atoms with Crippen LogP contribution in [0.2, 0.25) is 0 Å². The Morgan fingerprint density at radius 1 is 1.55 bits per heavy atom. The first-order chi connectivity index (χ1) is 9.67. The van der Waals surface area contributed by atoms with E-state index in [4.69, 9.17) is 5.11 Å². The summed E-state index contributed by atoms with van der Waals surface area (Å²) in [6, 6.07) is 4.09. The smallest absolute Gasteiger partial charge is 0.315 e. The molecule has 3 atom stereocenters. The first kappa shape index (κ1) is 15.1. The Morgan fingerprint density at radius 2 is 2.40 bits per heavy atom. The Balaban J connectivity index is 1.64. The van der Waals surface area contributed by atoms with Crippen LogP contribution in [0.25, 0.3) is 0 Å². The van der Waals surface area contributed by atoms with E-state index in [1.54, 1.807) is 11.3 Å². The van der Waals surface area contributed by atoms with E-state index in [0.717, 1.165) is 12.8 Å². The minimum absolute atomic E-state index is 0.0414. The number of rotatable bonds is 6. The van der Waals surface area contributed by atoms with Crippen LogP contribution in [0.1, 0.15) is 18.2 Å². The van der Waals surface area contributed by atoms with Crippen LogP contribution in [0.4, 0.5) is 4.79 Å². The fourth-order valence-corrected chi connectivity index (χ4v) is 3.22. The molecule has 0 saturated heterocycles. The van der Waals surface area contributed by atoms with Gasteiger partial charge in [0.1, 0.15) is 0 Å². The van der Waals surface area contributed by atoms with Gasteiger partial charge in [-0.2, -0.15) is 0 Å². The number of carbonyl (C=O) groups is 1. The third-order valence-electron chi connectivity index (χ3n) is 3.46. The Hall–Kier alpha value is -1.33. The van der Waals surface area contributed by atoms with Gasteiger partial charge in [-0.05, 0) is 30.2 Å². The zero-order valence-electron chi connectivity index (χ0n) is 11.7. The number of aliphatic hydroxyl groups excluding tert-OH is 1. The van der Waals surface area contributed by atoms with Crippen molar-refractivity contribution in [2.24, 2.45) is 11.8 Å². The topological polar surface area (TPSA) is 61.4 Å². The van der Waals surface area contributed by atoms with Gasteiger partial charge in [-0.15, -0.1) is 11.3 Å². The van der Waals surface area contributed by atoms with Crippen LogP contribution in [0.5, 0.6) is 0 Å². The maximum Gasteiger partial charge on any atom is 0.315 e. The maximum atomic E-state index is 11.8. The minimum Gasteiger partial charge on any atom is -0.396 e. The standard InChI is InChI=1S/C15H22N2O2S/c1-11(7-14-3-2-6-20-14)9-16-15(19)17-13-5-4-12(8-13)10-18/h2-6,11-13,18H,7-10H2,1H3,(H2,16,17,19)/t11-,12+,13-/m1/s1. The van der Waals surface area contributed by atoms with E-state index in [1.165, 1.54) is 4.88 Å². The van der Waals surface area contributed by atoms with E-state index in [1.807, 2.05) is 12.2 Å². The highest BCUT2D eigenvalue weighted by Gasteiger charge is 2.19. The number of carbonyl (C=O) groups excluding carboxylic acids is 1. The number of thiophene rings is 1. The molecule has 5 heteroatoms. The molecule has 0 saturated carbocycles. The monoisotopic (exact) mass is 294 g/mol. The van der Waals surface area contributed by atoms with Crippen molar-refractivity contribution in [1.29, 1.82) is 0 Å². The second kappa shape index (κ2) is 7.45. The van der Waals surface area contributed by atoms with Crippen molar-refractivity contribution in [1.82, 2.24) is 10.6 Å². The molecule has 0 fully saturated rings. The molecule has 0 aliphatic heterocycles. The quantitative estimate of drug-likeness (QED) is 0.704. The molecular weight excluding hydrogens is 272 g/mol. The Kier molecular flexibility index (Phi) is 5.61. The lowest BCUT2D eigenvalue weighted by molar-refractivity contribution is 0.230. The van der Waals surface area contributed by atoms with Crippen molar-refractivity contribution in [3.63, 3.8) is 0 Å². The average molecular weight is 294 g/mol. The summed E-state index contributed by atoms with van der Waals surface area (Å²) in [4.78, 5) is 13.1. The maximum absolute atomic E-state index is 11.8. The molecule has 0 bridgehead atoms. The zero-order valence-corrected chi connectivity index (χ0v) is 12.5. The van der Waals surface area contributed by atoms with E-state index in [-0.39, 0.29) is 24.6 Å². The largest absolute Gasteiger partial charge is 0.396 e. The fourth-order valence-electron chi connectivity index (χ4n) is 2.35. The highest BCUT2D eigenvalue weighted by molar-refractivity contribution is 7.09. The number of aliphatic hydroxyl groups is 1. The molecule has 0 spiro atoms. The minimum atomic E-state index is -0.128. The molecule has 1 aromatic rings.